The number of hydrogen-bond donors (Lipinski definition) is 2. The summed E-state index contributed by atoms with van der Waals surface area (Å²) in [5.41, 5.74) is 7.32. The minimum atomic E-state index is 0.492. The van der Waals surface area contributed by atoms with Gasteiger partial charge in [0.25, 0.3) is 0 Å². The normalized spacial score (nSPS) is 10.4. The van der Waals surface area contributed by atoms with Crippen LogP contribution in [-0.4, -0.2) is 19.7 Å². The molecule has 0 fully saturated rings. The highest BCUT2D eigenvalue weighted by Crippen LogP contribution is 2.16. The fourth-order valence-corrected chi connectivity index (χ4v) is 1.09. The Hall–Kier alpha value is -1.78. The average molecular weight is 163 g/mol. The van der Waals surface area contributed by atoms with Crippen LogP contribution in [0.5, 0.6) is 0 Å². The summed E-state index contributed by atoms with van der Waals surface area (Å²) in [4.78, 5) is 3.98. The third-order valence-corrected chi connectivity index (χ3v) is 1.69. The number of nitrogens with zero attached hydrogens (tertiary/aromatic N) is 3. The SMILES string of the molecule is Cn1cncc1-c1cc(N)n[nH]1. The number of nitrogens with one attached hydrogen (secondary N) is 1. The molecule has 0 radical (unpaired) electrons. The predicted molar refractivity (Wildman–Crippen MR) is 45.2 cm³/mol. The van der Waals surface area contributed by atoms with E-state index in [1.54, 1.807) is 18.6 Å². The third kappa shape index (κ3) is 0.952. The van der Waals surface area contributed by atoms with E-state index in [1.165, 1.54) is 0 Å². The van der Waals surface area contributed by atoms with Crippen molar-refractivity contribution < 1.29 is 0 Å². The van der Waals surface area contributed by atoms with Gasteiger partial charge >= 0.3 is 0 Å². The van der Waals surface area contributed by atoms with Crippen LogP contribution < -0.4 is 5.73 Å². The van der Waals surface area contributed by atoms with Gasteiger partial charge < -0.3 is 10.3 Å². The Labute approximate surface area is 69.2 Å². The summed E-state index contributed by atoms with van der Waals surface area (Å²) >= 11 is 0. The smallest absolute Gasteiger partial charge is 0.145 e. The van der Waals surface area contributed by atoms with Crippen LogP contribution in [0.2, 0.25) is 0 Å². The van der Waals surface area contributed by atoms with Gasteiger partial charge in [0.05, 0.1) is 23.9 Å². The second kappa shape index (κ2) is 2.37. The van der Waals surface area contributed by atoms with Crippen molar-refractivity contribution >= 4 is 5.82 Å². The standard InChI is InChI=1S/C7H9N5/c1-12-4-9-3-6(12)5-2-7(8)11-10-5/h2-4H,1H3,(H3,8,10,11). The van der Waals surface area contributed by atoms with E-state index in [4.69, 9.17) is 5.73 Å². The third-order valence-electron chi connectivity index (χ3n) is 1.69. The molecular weight excluding hydrogens is 154 g/mol. The number of nitrogens with two attached hydrogens (primary N) is 1. The van der Waals surface area contributed by atoms with E-state index in [0.29, 0.717) is 5.82 Å². The van der Waals surface area contributed by atoms with Crippen LogP contribution >= 0.6 is 0 Å². The minimum absolute atomic E-state index is 0.492. The quantitative estimate of drug-likeness (QED) is 0.638. The molecule has 0 unspecified atom stereocenters. The number of aryl methyl sites for hydroxylation is 1. The van der Waals surface area contributed by atoms with Crippen molar-refractivity contribution in [1.82, 2.24) is 19.7 Å². The van der Waals surface area contributed by atoms with Gasteiger partial charge in [0.2, 0.25) is 0 Å². The molecular formula is C7H9N5. The lowest BCUT2D eigenvalue weighted by atomic mass is 10.3. The van der Waals surface area contributed by atoms with Crippen molar-refractivity contribution in [2.45, 2.75) is 0 Å². The molecule has 5 heteroatoms. The number of aromatic nitrogens is 4. The molecule has 2 aromatic rings. The van der Waals surface area contributed by atoms with Gasteiger partial charge in [0.1, 0.15) is 5.82 Å². The highest BCUT2D eigenvalue weighted by atomic mass is 15.2. The molecule has 0 aromatic carbocycles. The maximum absolute atomic E-state index is 5.46. The monoisotopic (exact) mass is 163 g/mol. The van der Waals surface area contributed by atoms with Gasteiger partial charge in [-0.25, -0.2) is 4.98 Å². The van der Waals surface area contributed by atoms with E-state index in [-0.39, 0.29) is 0 Å². The summed E-state index contributed by atoms with van der Waals surface area (Å²) in [6, 6.07) is 1.77. The van der Waals surface area contributed by atoms with Gasteiger partial charge in [-0.3, -0.25) is 5.10 Å². The van der Waals surface area contributed by atoms with Crippen LogP contribution in [0.15, 0.2) is 18.6 Å². The molecule has 0 bridgehead atoms. The van der Waals surface area contributed by atoms with Crippen molar-refractivity contribution in [3.8, 4) is 11.4 Å². The molecule has 0 aliphatic carbocycles. The van der Waals surface area contributed by atoms with Gasteiger partial charge in [-0.15, -0.1) is 0 Å². The largest absolute Gasteiger partial charge is 0.382 e. The molecule has 5 nitrogen and oxygen atoms in total. The number of nitrogen functional groups attached to an aromatic ring is 1. The van der Waals surface area contributed by atoms with Gasteiger partial charge in [0, 0.05) is 13.1 Å². The first-order valence-corrected chi connectivity index (χ1v) is 3.55. The maximum Gasteiger partial charge on any atom is 0.145 e. The Morgan fingerprint density at radius 1 is 1.58 bits per heavy atom. The molecule has 0 saturated heterocycles. The van der Waals surface area contributed by atoms with Crippen molar-refractivity contribution in [1.29, 1.82) is 0 Å². The van der Waals surface area contributed by atoms with Crippen LogP contribution in [-0.2, 0) is 7.05 Å². The molecule has 2 rings (SSSR count). The maximum atomic E-state index is 5.46. The fourth-order valence-electron chi connectivity index (χ4n) is 1.09. The van der Waals surface area contributed by atoms with Gasteiger partial charge in [0.15, 0.2) is 0 Å². The molecule has 0 spiro atoms. The van der Waals surface area contributed by atoms with Crippen molar-refractivity contribution in [3.05, 3.63) is 18.6 Å². The van der Waals surface area contributed by atoms with E-state index < -0.39 is 0 Å². The number of hydrogen-bond acceptors (Lipinski definition) is 3. The first kappa shape index (κ1) is 6.90. The van der Waals surface area contributed by atoms with E-state index >= 15 is 0 Å². The Balaban J connectivity index is 2.50. The summed E-state index contributed by atoms with van der Waals surface area (Å²) in [5, 5.41) is 6.64. The number of imidazole rings is 1. The number of rotatable bonds is 1. The highest BCUT2D eigenvalue weighted by Gasteiger charge is 2.03. The van der Waals surface area contributed by atoms with E-state index in [1.807, 2.05) is 11.6 Å². The van der Waals surface area contributed by atoms with Crippen molar-refractivity contribution in [3.63, 3.8) is 0 Å². The second-order valence-corrected chi connectivity index (χ2v) is 2.60. The zero-order chi connectivity index (χ0) is 8.55. The molecule has 0 amide bonds. The summed E-state index contributed by atoms with van der Waals surface area (Å²) in [6.07, 6.45) is 3.49. The van der Waals surface area contributed by atoms with Crippen molar-refractivity contribution in [2.75, 3.05) is 5.73 Å². The molecule has 3 N–H and O–H groups in total. The van der Waals surface area contributed by atoms with Crippen LogP contribution in [0.4, 0.5) is 5.82 Å². The molecule has 12 heavy (non-hydrogen) atoms. The van der Waals surface area contributed by atoms with Crippen LogP contribution in [0.25, 0.3) is 11.4 Å². The second-order valence-electron chi connectivity index (χ2n) is 2.60. The average Bonchev–Trinajstić information content (AvgIpc) is 2.58. The lowest BCUT2D eigenvalue weighted by Gasteiger charge is -1.95. The first-order chi connectivity index (χ1) is 5.77. The predicted octanol–water partition coefficient (Wildman–Crippen LogP) is 0.392. The molecule has 0 atom stereocenters. The van der Waals surface area contributed by atoms with Crippen molar-refractivity contribution in [2.24, 2.45) is 7.05 Å². The Bertz CT molecular complexity index is 386. The van der Waals surface area contributed by atoms with Gasteiger partial charge in [-0.2, -0.15) is 5.10 Å². The first-order valence-electron chi connectivity index (χ1n) is 3.55. The topological polar surface area (TPSA) is 72.5 Å². The Morgan fingerprint density at radius 2 is 2.42 bits per heavy atom. The van der Waals surface area contributed by atoms with E-state index in [2.05, 4.69) is 15.2 Å². The Kier molecular flexibility index (Phi) is 1.36. The van der Waals surface area contributed by atoms with Crippen LogP contribution in [0, 0.1) is 0 Å². The van der Waals surface area contributed by atoms with Crippen LogP contribution in [0.3, 0.4) is 0 Å². The number of aromatic amines is 1. The van der Waals surface area contributed by atoms with E-state index in [9.17, 15) is 0 Å². The molecule has 2 heterocycles. The number of H-pyrrole nitrogens is 1. The fraction of sp³-hybridized carbons (Fsp3) is 0.143. The lowest BCUT2D eigenvalue weighted by molar-refractivity contribution is 0.913. The molecule has 0 aliphatic rings. The van der Waals surface area contributed by atoms with Crippen LogP contribution in [0.1, 0.15) is 0 Å². The van der Waals surface area contributed by atoms with Gasteiger partial charge in [-0.1, -0.05) is 0 Å². The zero-order valence-electron chi connectivity index (χ0n) is 6.65. The van der Waals surface area contributed by atoms with E-state index in [0.717, 1.165) is 11.4 Å². The highest BCUT2D eigenvalue weighted by molar-refractivity contribution is 5.57. The summed E-state index contributed by atoms with van der Waals surface area (Å²) in [7, 11) is 1.92. The summed E-state index contributed by atoms with van der Waals surface area (Å²) in [5.74, 6) is 0.492. The molecule has 62 valence electrons. The minimum Gasteiger partial charge on any atom is -0.382 e. The summed E-state index contributed by atoms with van der Waals surface area (Å²) < 4.78 is 1.90. The lowest BCUT2D eigenvalue weighted by Crippen LogP contribution is -1.88. The number of anilines is 1. The summed E-state index contributed by atoms with van der Waals surface area (Å²) in [6.45, 7) is 0. The molecule has 0 saturated carbocycles. The zero-order valence-corrected chi connectivity index (χ0v) is 6.65. The molecule has 0 aliphatic heterocycles. The molecule has 2 aromatic heterocycles. The van der Waals surface area contributed by atoms with Gasteiger partial charge in [-0.05, 0) is 0 Å². The Morgan fingerprint density at radius 3 is 2.92 bits per heavy atom.